The number of ether oxygens (including phenoxy) is 1. The molecule has 1 aliphatic rings. The van der Waals surface area contributed by atoms with Gasteiger partial charge < -0.3 is 9.84 Å². The number of carboxylic acid groups (broad SMARTS) is 1. The summed E-state index contributed by atoms with van der Waals surface area (Å²) < 4.78 is 7.05. The van der Waals surface area contributed by atoms with E-state index in [4.69, 9.17) is 9.84 Å². The number of aliphatic carboxylic acids is 1. The van der Waals surface area contributed by atoms with Crippen LogP contribution in [0.3, 0.4) is 0 Å². The van der Waals surface area contributed by atoms with E-state index in [1.165, 1.54) is 22.3 Å². The summed E-state index contributed by atoms with van der Waals surface area (Å²) in [5.74, 6) is 0.599. The van der Waals surface area contributed by atoms with Gasteiger partial charge in [0.25, 0.3) is 0 Å². The predicted molar refractivity (Wildman–Crippen MR) is 123 cm³/mol. The Bertz CT molecular complexity index is 1090. The summed E-state index contributed by atoms with van der Waals surface area (Å²) >= 11 is 5.23. The molecule has 0 radical (unpaired) electrons. The standard InChI is InChI=1S/C24H22BrNO3S/c1-14-6-19(25)7-15(2)24(14)17-5-3-4-16(8-17)12-29-22-10-21-20(11-26-22)18(13-30-21)9-23(27)28/h3-8,10-11,18H,9,12-13H2,1-2H3,(H,27,28). The average molecular weight is 484 g/mol. The molecule has 6 heteroatoms. The number of aryl methyl sites for hydroxylation is 2. The van der Waals surface area contributed by atoms with E-state index in [1.807, 2.05) is 6.07 Å². The van der Waals surface area contributed by atoms with E-state index >= 15 is 0 Å². The number of aromatic nitrogens is 1. The third kappa shape index (κ3) is 4.55. The zero-order chi connectivity index (χ0) is 21.3. The summed E-state index contributed by atoms with van der Waals surface area (Å²) in [5.41, 5.74) is 6.97. The highest BCUT2D eigenvalue weighted by molar-refractivity contribution is 9.10. The molecule has 2 heterocycles. The Balaban J connectivity index is 1.49. The summed E-state index contributed by atoms with van der Waals surface area (Å²) in [4.78, 5) is 16.5. The van der Waals surface area contributed by atoms with Crippen molar-refractivity contribution in [3.05, 3.63) is 75.4 Å². The fourth-order valence-electron chi connectivity index (χ4n) is 3.94. The van der Waals surface area contributed by atoms with Crippen molar-refractivity contribution in [1.29, 1.82) is 0 Å². The van der Waals surface area contributed by atoms with Crippen LogP contribution >= 0.6 is 27.7 Å². The highest BCUT2D eigenvalue weighted by Crippen LogP contribution is 2.42. The fraction of sp³-hybridized carbons (Fsp3) is 0.250. The number of hydrogen-bond donors (Lipinski definition) is 1. The molecule has 0 fully saturated rings. The molecule has 1 atom stereocenters. The predicted octanol–water partition coefficient (Wildman–Crippen LogP) is 6.37. The van der Waals surface area contributed by atoms with Gasteiger partial charge in [0.2, 0.25) is 5.88 Å². The number of hydrogen-bond acceptors (Lipinski definition) is 4. The molecule has 1 N–H and O–H groups in total. The molecule has 1 aliphatic heterocycles. The molecule has 4 nitrogen and oxygen atoms in total. The van der Waals surface area contributed by atoms with Gasteiger partial charge in [-0.3, -0.25) is 4.79 Å². The maximum Gasteiger partial charge on any atom is 0.303 e. The molecule has 1 aromatic heterocycles. The normalized spacial score (nSPS) is 15.1. The van der Waals surface area contributed by atoms with E-state index in [1.54, 1.807) is 18.0 Å². The lowest BCUT2D eigenvalue weighted by Crippen LogP contribution is -2.06. The Morgan fingerprint density at radius 2 is 2.00 bits per heavy atom. The van der Waals surface area contributed by atoms with Crippen LogP contribution < -0.4 is 4.74 Å². The summed E-state index contributed by atoms with van der Waals surface area (Å²) in [7, 11) is 0. The van der Waals surface area contributed by atoms with Crippen molar-refractivity contribution >= 4 is 33.7 Å². The first-order valence-electron chi connectivity index (χ1n) is 9.74. The van der Waals surface area contributed by atoms with Crippen LogP contribution in [0.5, 0.6) is 5.88 Å². The molecule has 0 saturated carbocycles. The molecule has 1 unspecified atom stereocenters. The van der Waals surface area contributed by atoms with Gasteiger partial charge in [0, 0.05) is 33.3 Å². The maximum atomic E-state index is 11.0. The van der Waals surface area contributed by atoms with Crippen molar-refractivity contribution in [3.8, 4) is 17.0 Å². The average Bonchev–Trinajstić information content (AvgIpc) is 3.07. The van der Waals surface area contributed by atoms with Crippen molar-refractivity contribution < 1.29 is 14.6 Å². The van der Waals surface area contributed by atoms with E-state index < -0.39 is 5.97 Å². The number of benzene rings is 2. The number of halogens is 1. The van der Waals surface area contributed by atoms with Crippen LogP contribution in [-0.4, -0.2) is 21.8 Å². The maximum absolute atomic E-state index is 11.0. The second-order valence-corrected chi connectivity index (χ2v) is 9.55. The van der Waals surface area contributed by atoms with Crippen molar-refractivity contribution in [3.63, 3.8) is 0 Å². The van der Waals surface area contributed by atoms with E-state index in [9.17, 15) is 4.79 Å². The highest BCUT2D eigenvalue weighted by Gasteiger charge is 2.26. The van der Waals surface area contributed by atoms with E-state index in [2.05, 4.69) is 71.2 Å². The minimum absolute atomic E-state index is 0.0260. The van der Waals surface area contributed by atoms with Gasteiger partial charge in [0.15, 0.2) is 0 Å². The second-order valence-electron chi connectivity index (χ2n) is 7.57. The monoisotopic (exact) mass is 483 g/mol. The summed E-state index contributed by atoms with van der Waals surface area (Å²) in [6.07, 6.45) is 1.91. The lowest BCUT2D eigenvalue weighted by atomic mass is 9.95. The van der Waals surface area contributed by atoms with Crippen LogP contribution in [0.2, 0.25) is 0 Å². The smallest absolute Gasteiger partial charge is 0.303 e. The number of carbonyl (C=O) groups is 1. The number of pyridine rings is 1. The molecule has 154 valence electrons. The van der Waals surface area contributed by atoms with Gasteiger partial charge in [-0.25, -0.2) is 4.98 Å². The molecule has 0 amide bonds. The molecular weight excluding hydrogens is 462 g/mol. The Morgan fingerprint density at radius 1 is 1.23 bits per heavy atom. The number of rotatable bonds is 6. The van der Waals surface area contributed by atoms with Crippen LogP contribution in [-0.2, 0) is 11.4 Å². The Labute approximate surface area is 188 Å². The molecule has 0 spiro atoms. The van der Waals surface area contributed by atoms with Crippen LogP contribution in [0.25, 0.3) is 11.1 Å². The first kappa shape index (κ1) is 20.9. The minimum Gasteiger partial charge on any atom is -0.481 e. The van der Waals surface area contributed by atoms with Crippen LogP contribution in [0.1, 0.15) is 34.6 Å². The molecular formula is C24H22BrNO3S. The summed E-state index contributed by atoms with van der Waals surface area (Å²) in [5, 5.41) is 9.06. The molecule has 30 heavy (non-hydrogen) atoms. The fourth-order valence-corrected chi connectivity index (χ4v) is 5.87. The summed E-state index contributed by atoms with van der Waals surface area (Å²) in [6.45, 7) is 4.68. The zero-order valence-electron chi connectivity index (χ0n) is 16.8. The van der Waals surface area contributed by atoms with Gasteiger partial charge in [-0.2, -0.15) is 0 Å². The first-order valence-corrected chi connectivity index (χ1v) is 11.5. The highest BCUT2D eigenvalue weighted by atomic mass is 79.9. The number of thioether (sulfide) groups is 1. The van der Waals surface area contributed by atoms with Crippen molar-refractivity contribution in [2.75, 3.05) is 5.75 Å². The molecule has 4 rings (SSSR count). The molecule has 0 aliphatic carbocycles. The van der Waals surface area contributed by atoms with E-state index in [0.29, 0.717) is 12.5 Å². The van der Waals surface area contributed by atoms with Crippen molar-refractivity contribution in [2.45, 2.75) is 37.7 Å². The largest absolute Gasteiger partial charge is 0.481 e. The van der Waals surface area contributed by atoms with E-state index in [0.717, 1.165) is 26.2 Å². The van der Waals surface area contributed by atoms with Gasteiger partial charge >= 0.3 is 5.97 Å². The van der Waals surface area contributed by atoms with Gasteiger partial charge in [-0.05, 0) is 65.4 Å². The minimum atomic E-state index is -0.773. The lowest BCUT2D eigenvalue weighted by Gasteiger charge is -2.13. The van der Waals surface area contributed by atoms with Gasteiger partial charge in [-0.15, -0.1) is 11.8 Å². The van der Waals surface area contributed by atoms with E-state index in [-0.39, 0.29) is 12.3 Å². The van der Waals surface area contributed by atoms with Crippen molar-refractivity contribution in [2.24, 2.45) is 0 Å². The molecule has 0 saturated heterocycles. The van der Waals surface area contributed by atoms with Gasteiger partial charge in [0.05, 0.1) is 6.42 Å². The first-order chi connectivity index (χ1) is 14.4. The van der Waals surface area contributed by atoms with Crippen LogP contribution in [0.15, 0.2) is 58.0 Å². The summed E-state index contributed by atoms with van der Waals surface area (Å²) in [6, 6.07) is 14.6. The van der Waals surface area contributed by atoms with Crippen LogP contribution in [0.4, 0.5) is 0 Å². The topological polar surface area (TPSA) is 59.4 Å². The SMILES string of the molecule is Cc1cc(Br)cc(C)c1-c1cccc(COc2cc3c(cn2)C(CC(=O)O)CS3)c1. The molecule has 2 aromatic carbocycles. The lowest BCUT2D eigenvalue weighted by molar-refractivity contribution is -0.137. The second kappa shape index (κ2) is 8.82. The third-order valence-electron chi connectivity index (χ3n) is 5.27. The Morgan fingerprint density at radius 3 is 2.73 bits per heavy atom. The number of nitrogens with zero attached hydrogens (tertiary/aromatic N) is 1. The molecule has 0 bridgehead atoms. The van der Waals surface area contributed by atoms with Crippen molar-refractivity contribution in [1.82, 2.24) is 4.98 Å². The van der Waals surface area contributed by atoms with Gasteiger partial charge in [-0.1, -0.05) is 34.1 Å². The Kier molecular flexibility index (Phi) is 6.16. The molecule has 3 aromatic rings. The Hall–Kier alpha value is -2.31. The zero-order valence-corrected chi connectivity index (χ0v) is 19.2. The quantitative estimate of drug-likeness (QED) is 0.441. The number of carboxylic acids is 1. The van der Waals surface area contributed by atoms with Crippen LogP contribution in [0, 0.1) is 13.8 Å². The third-order valence-corrected chi connectivity index (χ3v) is 6.96. The van der Waals surface area contributed by atoms with Gasteiger partial charge in [0.1, 0.15) is 6.61 Å². The number of fused-ring (bicyclic) bond motifs is 1.